The van der Waals surface area contributed by atoms with Crippen LogP contribution in [0.4, 0.5) is 0 Å². The monoisotopic (exact) mass is 248 g/mol. The molecule has 0 fully saturated rings. The van der Waals surface area contributed by atoms with Crippen LogP contribution in [0, 0.1) is 11.3 Å². The Morgan fingerprint density at radius 3 is 2.59 bits per heavy atom. The van der Waals surface area contributed by atoms with Gasteiger partial charge in [0.1, 0.15) is 5.54 Å². The van der Waals surface area contributed by atoms with Gasteiger partial charge in [0.2, 0.25) is 0 Å². The molecule has 0 amide bonds. The van der Waals surface area contributed by atoms with Gasteiger partial charge in [-0.2, -0.15) is 17.0 Å². The molecule has 0 heterocycles. The number of unbranched alkanes of at least 4 members (excludes halogenated alkanes) is 2. The van der Waals surface area contributed by atoms with Crippen molar-refractivity contribution in [1.29, 1.82) is 5.26 Å². The Balaban J connectivity index is 2.50. The maximum Gasteiger partial charge on any atom is 0.138 e. The molecule has 0 saturated carbocycles. The Hall–Kier alpha value is -0.980. The van der Waals surface area contributed by atoms with E-state index in [1.807, 2.05) is 30.3 Å². The van der Waals surface area contributed by atoms with Crippen molar-refractivity contribution >= 4 is 11.8 Å². The molecule has 0 aromatic heterocycles. The SMILES string of the molecule is CCCCCSCC(N)(C#N)c1ccccc1. The van der Waals surface area contributed by atoms with Gasteiger partial charge in [-0.05, 0) is 17.7 Å². The summed E-state index contributed by atoms with van der Waals surface area (Å²) in [5, 5.41) is 9.25. The Morgan fingerprint density at radius 2 is 2.00 bits per heavy atom. The molecule has 0 radical (unpaired) electrons. The van der Waals surface area contributed by atoms with E-state index in [2.05, 4.69) is 13.0 Å². The predicted octanol–water partition coefficient (Wildman–Crippen LogP) is 3.29. The van der Waals surface area contributed by atoms with E-state index in [9.17, 15) is 5.26 Å². The average Bonchev–Trinajstić information content (AvgIpc) is 2.39. The summed E-state index contributed by atoms with van der Waals surface area (Å²) < 4.78 is 0. The van der Waals surface area contributed by atoms with Gasteiger partial charge >= 0.3 is 0 Å². The molecular formula is C14H20N2S. The molecule has 0 aliphatic rings. The second-order valence-electron chi connectivity index (χ2n) is 4.21. The predicted molar refractivity (Wildman–Crippen MR) is 74.8 cm³/mol. The number of nitrogens with zero attached hydrogens (tertiary/aromatic N) is 1. The summed E-state index contributed by atoms with van der Waals surface area (Å²) in [5.74, 6) is 1.75. The van der Waals surface area contributed by atoms with Gasteiger partial charge in [0.25, 0.3) is 0 Å². The molecule has 1 atom stereocenters. The number of benzene rings is 1. The molecule has 2 N–H and O–H groups in total. The van der Waals surface area contributed by atoms with Crippen LogP contribution >= 0.6 is 11.8 Å². The average molecular weight is 248 g/mol. The van der Waals surface area contributed by atoms with E-state index in [1.165, 1.54) is 19.3 Å². The number of hydrogen-bond donors (Lipinski definition) is 1. The first-order chi connectivity index (χ1) is 8.23. The molecule has 1 aromatic rings. The molecule has 3 heteroatoms. The van der Waals surface area contributed by atoms with E-state index < -0.39 is 5.54 Å². The smallest absolute Gasteiger partial charge is 0.138 e. The van der Waals surface area contributed by atoms with Crippen molar-refractivity contribution in [2.45, 2.75) is 31.7 Å². The topological polar surface area (TPSA) is 49.8 Å². The lowest BCUT2D eigenvalue weighted by molar-refractivity contribution is 0.658. The number of rotatable bonds is 7. The highest BCUT2D eigenvalue weighted by Gasteiger charge is 2.26. The maximum absolute atomic E-state index is 9.25. The fraction of sp³-hybridized carbons (Fsp3) is 0.500. The molecule has 17 heavy (non-hydrogen) atoms. The van der Waals surface area contributed by atoms with Gasteiger partial charge in [-0.25, -0.2) is 0 Å². The summed E-state index contributed by atoms with van der Waals surface area (Å²) in [5.41, 5.74) is 6.21. The maximum atomic E-state index is 9.25. The van der Waals surface area contributed by atoms with Gasteiger partial charge in [-0.15, -0.1) is 0 Å². The molecule has 1 aromatic carbocycles. The minimum Gasteiger partial charge on any atom is -0.309 e. The molecule has 1 rings (SSSR count). The van der Waals surface area contributed by atoms with E-state index in [-0.39, 0.29) is 0 Å². The Morgan fingerprint density at radius 1 is 1.29 bits per heavy atom. The van der Waals surface area contributed by atoms with Crippen molar-refractivity contribution < 1.29 is 0 Å². The van der Waals surface area contributed by atoms with Crippen LogP contribution in [0.3, 0.4) is 0 Å². The van der Waals surface area contributed by atoms with Crippen LogP contribution < -0.4 is 5.73 Å². The van der Waals surface area contributed by atoms with Crippen LogP contribution in [-0.4, -0.2) is 11.5 Å². The highest BCUT2D eigenvalue weighted by Crippen LogP contribution is 2.23. The van der Waals surface area contributed by atoms with Gasteiger partial charge in [0.05, 0.1) is 6.07 Å². The molecular weight excluding hydrogens is 228 g/mol. The van der Waals surface area contributed by atoms with Gasteiger partial charge in [0, 0.05) is 5.75 Å². The molecule has 92 valence electrons. The van der Waals surface area contributed by atoms with Crippen molar-refractivity contribution in [3.05, 3.63) is 35.9 Å². The summed E-state index contributed by atoms with van der Waals surface area (Å²) in [6.45, 7) is 2.19. The van der Waals surface area contributed by atoms with Crippen LogP contribution in [0.15, 0.2) is 30.3 Å². The van der Waals surface area contributed by atoms with Crippen molar-refractivity contribution in [3.8, 4) is 6.07 Å². The molecule has 0 aliphatic carbocycles. The zero-order valence-electron chi connectivity index (χ0n) is 10.4. The highest BCUT2D eigenvalue weighted by molar-refractivity contribution is 7.99. The number of nitriles is 1. The molecule has 2 nitrogen and oxygen atoms in total. The second kappa shape index (κ2) is 7.37. The zero-order valence-corrected chi connectivity index (χ0v) is 11.2. The largest absolute Gasteiger partial charge is 0.309 e. The summed E-state index contributed by atoms with van der Waals surface area (Å²) in [4.78, 5) is 0. The highest BCUT2D eigenvalue weighted by atomic mass is 32.2. The van der Waals surface area contributed by atoms with E-state index in [1.54, 1.807) is 11.8 Å². The fourth-order valence-corrected chi connectivity index (χ4v) is 2.71. The summed E-state index contributed by atoms with van der Waals surface area (Å²) >= 11 is 1.77. The normalized spacial score (nSPS) is 13.9. The van der Waals surface area contributed by atoms with Crippen LogP contribution in [-0.2, 0) is 5.54 Å². The summed E-state index contributed by atoms with van der Waals surface area (Å²) in [6, 6.07) is 11.9. The zero-order chi connectivity index (χ0) is 12.6. The number of thioether (sulfide) groups is 1. The standard InChI is InChI=1S/C14H20N2S/c1-2-3-7-10-17-12-14(16,11-15)13-8-5-4-6-9-13/h4-6,8-9H,2-3,7,10,12,16H2,1H3. The summed E-state index contributed by atoms with van der Waals surface area (Å²) in [6.07, 6.45) is 3.69. The Kier molecular flexibility index (Phi) is 6.10. The molecule has 0 saturated heterocycles. The van der Waals surface area contributed by atoms with E-state index in [4.69, 9.17) is 5.73 Å². The third kappa shape index (κ3) is 4.41. The first-order valence-electron chi connectivity index (χ1n) is 6.06. The lowest BCUT2D eigenvalue weighted by Gasteiger charge is -2.21. The van der Waals surface area contributed by atoms with Crippen molar-refractivity contribution in [3.63, 3.8) is 0 Å². The van der Waals surface area contributed by atoms with Crippen molar-refractivity contribution in [2.75, 3.05) is 11.5 Å². The molecule has 0 spiro atoms. The molecule has 1 unspecified atom stereocenters. The van der Waals surface area contributed by atoms with Crippen LogP contribution in [0.5, 0.6) is 0 Å². The van der Waals surface area contributed by atoms with Gasteiger partial charge < -0.3 is 5.73 Å². The lowest BCUT2D eigenvalue weighted by Crippen LogP contribution is -2.37. The van der Waals surface area contributed by atoms with Crippen LogP contribution in [0.1, 0.15) is 31.7 Å². The van der Waals surface area contributed by atoms with E-state index >= 15 is 0 Å². The number of hydrogen-bond acceptors (Lipinski definition) is 3. The quantitative estimate of drug-likeness (QED) is 0.753. The number of nitrogens with two attached hydrogens (primary N) is 1. The summed E-state index contributed by atoms with van der Waals surface area (Å²) in [7, 11) is 0. The van der Waals surface area contributed by atoms with Crippen LogP contribution in [0.25, 0.3) is 0 Å². The fourth-order valence-electron chi connectivity index (χ4n) is 1.60. The van der Waals surface area contributed by atoms with Crippen LogP contribution in [0.2, 0.25) is 0 Å². The minimum absolute atomic E-state index is 0.664. The van der Waals surface area contributed by atoms with E-state index in [0.29, 0.717) is 5.75 Å². The van der Waals surface area contributed by atoms with Gasteiger partial charge in [-0.1, -0.05) is 50.1 Å². The second-order valence-corrected chi connectivity index (χ2v) is 5.31. The molecule has 0 bridgehead atoms. The minimum atomic E-state index is -0.849. The van der Waals surface area contributed by atoms with Gasteiger partial charge in [0.15, 0.2) is 0 Å². The third-order valence-electron chi connectivity index (χ3n) is 2.71. The lowest BCUT2D eigenvalue weighted by atomic mass is 9.95. The Bertz CT molecular complexity index is 358. The first-order valence-corrected chi connectivity index (χ1v) is 7.22. The Labute approximate surface area is 108 Å². The van der Waals surface area contributed by atoms with Crippen molar-refractivity contribution in [1.82, 2.24) is 0 Å². The van der Waals surface area contributed by atoms with Gasteiger partial charge in [-0.3, -0.25) is 0 Å². The molecule has 0 aliphatic heterocycles. The first kappa shape index (κ1) is 14.1. The van der Waals surface area contributed by atoms with E-state index in [0.717, 1.165) is 11.3 Å². The third-order valence-corrected chi connectivity index (χ3v) is 3.95. The van der Waals surface area contributed by atoms with Crippen molar-refractivity contribution in [2.24, 2.45) is 5.73 Å².